The minimum absolute atomic E-state index is 0.0330. The van der Waals surface area contributed by atoms with Crippen LogP contribution < -0.4 is 10.7 Å². The van der Waals surface area contributed by atoms with Crippen molar-refractivity contribution in [1.29, 1.82) is 0 Å². The zero-order valence-electron chi connectivity index (χ0n) is 16.5. The maximum absolute atomic E-state index is 12.7. The van der Waals surface area contributed by atoms with Gasteiger partial charge in [0.25, 0.3) is 0 Å². The largest absolute Gasteiger partial charge is 0.306 e. The Kier molecular flexibility index (Phi) is 4.06. The molecular formula is C21H35N3O. The van der Waals surface area contributed by atoms with Gasteiger partial charge in [-0.2, -0.15) is 5.10 Å². The first-order valence-corrected chi connectivity index (χ1v) is 10.3. The molecule has 0 spiro atoms. The van der Waals surface area contributed by atoms with Crippen molar-refractivity contribution >= 4 is 11.6 Å². The summed E-state index contributed by atoms with van der Waals surface area (Å²) in [5.41, 5.74) is 4.41. The van der Waals surface area contributed by atoms with E-state index >= 15 is 0 Å². The molecule has 4 bridgehead atoms. The molecule has 5 rings (SSSR count). The lowest BCUT2D eigenvalue weighted by Crippen LogP contribution is -2.58. The van der Waals surface area contributed by atoms with Gasteiger partial charge in [0.15, 0.2) is 0 Å². The summed E-state index contributed by atoms with van der Waals surface area (Å²) < 4.78 is 0. The summed E-state index contributed by atoms with van der Waals surface area (Å²) in [6, 6.07) is 0. The molecule has 1 heterocycles. The molecule has 1 saturated heterocycles. The van der Waals surface area contributed by atoms with Crippen LogP contribution in [0.4, 0.5) is 0 Å². The normalized spacial score (nSPS) is 40.8. The fourth-order valence-electron chi connectivity index (χ4n) is 7.19. The van der Waals surface area contributed by atoms with E-state index < -0.39 is 0 Å². The van der Waals surface area contributed by atoms with E-state index in [4.69, 9.17) is 0 Å². The van der Waals surface area contributed by atoms with Crippen LogP contribution in [0.25, 0.3) is 0 Å². The van der Waals surface area contributed by atoms with Crippen molar-refractivity contribution < 1.29 is 4.79 Å². The smallest absolute Gasteiger partial charge is 0.240 e. The maximum atomic E-state index is 12.7. The van der Waals surface area contributed by atoms with Crippen molar-refractivity contribution in [1.82, 2.24) is 10.7 Å². The van der Waals surface area contributed by atoms with Gasteiger partial charge in [-0.05, 0) is 89.4 Å². The first-order valence-electron chi connectivity index (χ1n) is 10.3. The number of hydrazone groups is 1. The van der Waals surface area contributed by atoms with Gasteiger partial charge in [0.2, 0.25) is 5.91 Å². The molecule has 5 fully saturated rings. The highest BCUT2D eigenvalue weighted by atomic mass is 16.2. The summed E-state index contributed by atoms with van der Waals surface area (Å²) in [6.45, 7) is 8.84. The monoisotopic (exact) mass is 345 g/mol. The van der Waals surface area contributed by atoms with Crippen LogP contribution in [-0.4, -0.2) is 22.7 Å². The molecule has 0 radical (unpaired) electrons. The van der Waals surface area contributed by atoms with Gasteiger partial charge < -0.3 is 5.32 Å². The van der Waals surface area contributed by atoms with Crippen LogP contribution in [0.2, 0.25) is 0 Å². The molecule has 1 aliphatic heterocycles. The highest BCUT2D eigenvalue weighted by molar-refractivity contribution is 5.89. The number of amides is 1. The molecule has 4 saturated carbocycles. The number of nitrogens with zero attached hydrogens (tertiary/aromatic N) is 1. The summed E-state index contributed by atoms with van der Waals surface area (Å²) in [5, 5.41) is 8.21. The van der Waals surface area contributed by atoms with E-state index in [0.29, 0.717) is 11.8 Å². The van der Waals surface area contributed by atoms with Gasteiger partial charge in [-0.1, -0.05) is 0 Å². The predicted octanol–water partition coefficient (Wildman–Crippen LogP) is 4.01. The Hall–Kier alpha value is -0.900. The van der Waals surface area contributed by atoms with Gasteiger partial charge in [0.1, 0.15) is 0 Å². The lowest BCUT2D eigenvalue weighted by atomic mass is 9.49. The van der Waals surface area contributed by atoms with E-state index in [-0.39, 0.29) is 17.0 Å². The van der Waals surface area contributed by atoms with E-state index in [9.17, 15) is 4.79 Å². The van der Waals surface area contributed by atoms with E-state index in [1.165, 1.54) is 38.5 Å². The third kappa shape index (κ3) is 3.79. The topological polar surface area (TPSA) is 53.5 Å². The fraction of sp³-hybridized carbons (Fsp3) is 0.905. The molecular weight excluding hydrogens is 310 g/mol. The van der Waals surface area contributed by atoms with E-state index in [0.717, 1.165) is 36.3 Å². The van der Waals surface area contributed by atoms with Crippen molar-refractivity contribution in [3.05, 3.63) is 0 Å². The SMILES string of the molecule is CC1(C)CC(=NNC(=O)CC23CC4CC(CC(C4)C2)C3)CC(C)(C)N1. The zero-order chi connectivity index (χ0) is 17.9. The molecule has 0 unspecified atom stereocenters. The Morgan fingerprint density at radius 2 is 1.48 bits per heavy atom. The number of rotatable bonds is 3. The van der Waals surface area contributed by atoms with Crippen LogP contribution in [0, 0.1) is 23.2 Å². The summed E-state index contributed by atoms with van der Waals surface area (Å²) in [6.07, 6.45) is 10.6. The van der Waals surface area contributed by atoms with Crippen LogP contribution in [0.1, 0.15) is 85.5 Å². The molecule has 4 aliphatic carbocycles. The molecule has 5 aliphatic rings. The number of hydrogen-bond acceptors (Lipinski definition) is 3. The van der Waals surface area contributed by atoms with Gasteiger partial charge >= 0.3 is 0 Å². The second-order valence-corrected chi connectivity index (χ2v) is 11.1. The Balaban J connectivity index is 1.38. The minimum atomic E-state index is 0.0330. The second kappa shape index (κ2) is 5.80. The van der Waals surface area contributed by atoms with Gasteiger partial charge in [-0.3, -0.25) is 4.79 Å². The van der Waals surface area contributed by atoms with Crippen molar-refractivity contribution in [2.75, 3.05) is 0 Å². The van der Waals surface area contributed by atoms with Gasteiger partial charge in [-0.15, -0.1) is 0 Å². The summed E-state index contributed by atoms with van der Waals surface area (Å²) in [4.78, 5) is 12.7. The fourth-order valence-corrected chi connectivity index (χ4v) is 7.19. The van der Waals surface area contributed by atoms with Crippen LogP contribution in [0.5, 0.6) is 0 Å². The van der Waals surface area contributed by atoms with Crippen LogP contribution >= 0.6 is 0 Å². The Labute approximate surface area is 152 Å². The van der Waals surface area contributed by atoms with E-state index in [2.05, 4.69) is 43.5 Å². The molecule has 2 N–H and O–H groups in total. The van der Waals surface area contributed by atoms with E-state index in [1.807, 2.05) is 0 Å². The molecule has 0 atom stereocenters. The number of piperidine rings is 1. The predicted molar refractivity (Wildman–Crippen MR) is 101 cm³/mol. The standard InChI is InChI=1S/C21H35N3O/c1-19(2)11-17(12-20(3,4)24-19)22-23-18(25)13-21-8-14-5-15(9-21)7-16(6-14)10-21/h14-16,24H,5-13H2,1-4H3,(H,23,25). The molecule has 0 aromatic rings. The maximum Gasteiger partial charge on any atom is 0.240 e. The Morgan fingerprint density at radius 3 is 1.96 bits per heavy atom. The zero-order valence-corrected chi connectivity index (χ0v) is 16.5. The average Bonchev–Trinajstić information content (AvgIpc) is 2.39. The van der Waals surface area contributed by atoms with Crippen molar-refractivity contribution in [3.8, 4) is 0 Å². The lowest BCUT2D eigenvalue weighted by molar-refractivity contribution is -0.129. The summed E-state index contributed by atoms with van der Waals surface area (Å²) in [5.74, 6) is 2.84. The highest BCUT2D eigenvalue weighted by Crippen LogP contribution is 2.61. The van der Waals surface area contributed by atoms with Crippen molar-refractivity contribution in [2.45, 2.75) is 96.6 Å². The summed E-state index contributed by atoms with van der Waals surface area (Å²) in [7, 11) is 0. The number of nitrogens with one attached hydrogen (secondary N) is 2. The number of carbonyl (C=O) groups is 1. The van der Waals surface area contributed by atoms with Gasteiger partial charge in [-0.25, -0.2) is 5.43 Å². The van der Waals surface area contributed by atoms with Gasteiger partial charge in [0, 0.05) is 36.1 Å². The third-order valence-electron chi connectivity index (χ3n) is 7.01. The highest BCUT2D eigenvalue weighted by Gasteiger charge is 2.51. The molecule has 140 valence electrons. The summed E-state index contributed by atoms with van der Waals surface area (Å²) >= 11 is 0. The first kappa shape index (κ1) is 17.5. The second-order valence-electron chi connectivity index (χ2n) is 11.1. The molecule has 4 heteroatoms. The third-order valence-corrected chi connectivity index (χ3v) is 7.01. The van der Waals surface area contributed by atoms with Crippen LogP contribution in [0.3, 0.4) is 0 Å². The first-order chi connectivity index (χ1) is 11.6. The van der Waals surface area contributed by atoms with Crippen molar-refractivity contribution in [2.24, 2.45) is 28.3 Å². The number of hydrogen-bond donors (Lipinski definition) is 2. The minimum Gasteiger partial charge on any atom is -0.306 e. The Bertz CT molecular complexity index is 537. The molecule has 25 heavy (non-hydrogen) atoms. The average molecular weight is 346 g/mol. The van der Waals surface area contributed by atoms with E-state index in [1.54, 1.807) is 0 Å². The van der Waals surface area contributed by atoms with Crippen LogP contribution in [0.15, 0.2) is 5.10 Å². The van der Waals surface area contributed by atoms with Crippen molar-refractivity contribution in [3.63, 3.8) is 0 Å². The molecule has 1 amide bonds. The van der Waals surface area contributed by atoms with Crippen LogP contribution in [-0.2, 0) is 4.79 Å². The number of carbonyl (C=O) groups excluding carboxylic acids is 1. The molecule has 0 aromatic carbocycles. The molecule has 4 nitrogen and oxygen atoms in total. The molecule has 0 aromatic heterocycles. The van der Waals surface area contributed by atoms with Gasteiger partial charge in [0.05, 0.1) is 0 Å². The quantitative estimate of drug-likeness (QED) is 0.760. The lowest BCUT2D eigenvalue weighted by Gasteiger charge is -2.56. The Morgan fingerprint density at radius 1 is 1.00 bits per heavy atom.